The lowest BCUT2D eigenvalue weighted by Gasteiger charge is -2.31. The fourth-order valence-corrected chi connectivity index (χ4v) is 4.17. The molecule has 7 nitrogen and oxygen atoms in total. The molecule has 3 aromatic heterocycles. The second-order valence-electron chi connectivity index (χ2n) is 7.28. The van der Waals surface area contributed by atoms with E-state index in [1.165, 1.54) is 24.4 Å². The molecular formula is C18H22N6OS. The molecule has 1 saturated heterocycles. The molecular weight excluding hydrogens is 348 g/mol. The third kappa shape index (κ3) is 3.25. The van der Waals surface area contributed by atoms with Gasteiger partial charge in [-0.3, -0.25) is 0 Å². The Morgan fingerprint density at radius 2 is 2.00 bits per heavy atom. The van der Waals surface area contributed by atoms with Crippen LogP contribution in [-0.2, 0) is 0 Å². The number of hydrogen-bond donors (Lipinski definition) is 0. The van der Waals surface area contributed by atoms with Crippen LogP contribution in [0.1, 0.15) is 43.1 Å². The number of aryl methyl sites for hydroxylation is 1. The lowest BCUT2D eigenvalue weighted by molar-refractivity contribution is 0.214. The zero-order valence-corrected chi connectivity index (χ0v) is 15.7. The van der Waals surface area contributed by atoms with Gasteiger partial charge in [-0.05, 0) is 44.6 Å². The molecule has 0 radical (unpaired) electrons. The number of aromatic nitrogens is 5. The van der Waals surface area contributed by atoms with Gasteiger partial charge in [0.05, 0.1) is 18.5 Å². The van der Waals surface area contributed by atoms with E-state index in [0.717, 1.165) is 48.2 Å². The maximum Gasteiger partial charge on any atom is 0.231 e. The summed E-state index contributed by atoms with van der Waals surface area (Å²) in [5.74, 6) is 2.74. The van der Waals surface area contributed by atoms with Crippen LogP contribution in [-0.4, -0.2) is 43.7 Å². The number of hydrogen-bond acceptors (Lipinski definition) is 7. The minimum absolute atomic E-state index is 0.558. The lowest BCUT2D eigenvalue weighted by atomic mass is 9.98. The van der Waals surface area contributed by atoms with E-state index < -0.39 is 0 Å². The van der Waals surface area contributed by atoms with Gasteiger partial charge in [0.1, 0.15) is 5.82 Å². The molecule has 1 aliphatic carbocycles. The quantitative estimate of drug-likeness (QED) is 0.688. The minimum atomic E-state index is 0.558. The zero-order chi connectivity index (χ0) is 17.5. The summed E-state index contributed by atoms with van der Waals surface area (Å²) in [6, 6.07) is 3.92. The number of rotatable bonds is 5. The highest BCUT2D eigenvalue weighted by atomic mass is 32.1. The van der Waals surface area contributed by atoms with E-state index in [1.54, 1.807) is 0 Å². The van der Waals surface area contributed by atoms with E-state index in [9.17, 15) is 0 Å². The number of anilines is 1. The average Bonchev–Trinajstić information content (AvgIpc) is 3.29. The molecule has 3 aromatic rings. The van der Waals surface area contributed by atoms with Gasteiger partial charge in [-0.15, -0.1) is 5.10 Å². The summed E-state index contributed by atoms with van der Waals surface area (Å²) in [6.45, 7) is 4.69. The Morgan fingerprint density at radius 1 is 1.15 bits per heavy atom. The molecule has 2 aliphatic rings. The van der Waals surface area contributed by atoms with E-state index in [-0.39, 0.29) is 0 Å². The molecule has 0 N–H and O–H groups in total. The molecule has 8 heteroatoms. The van der Waals surface area contributed by atoms with Crippen LogP contribution in [0.15, 0.2) is 18.3 Å². The van der Waals surface area contributed by atoms with Crippen LogP contribution in [0.5, 0.6) is 5.88 Å². The van der Waals surface area contributed by atoms with E-state index >= 15 is 0 Å². The number of nitrogens with zero attached hydrogens (tertiary/aromatic N) is 6. The first kappa shape index (κ1) is 16.0. The fraction of sp³-hybridized carbons (Fsp3) is 0.556. The molecule has 0 unspecified atom stereocenters. The zero-order valence-electron chi connectivity index (χ0n) is 14.8. The van der Waals surface area contributed by atoms with Crippen molar-refractivity contribution in [3.63, 3.8) is 0 Å². The van der Waals surface area contributed by atoms with E-state index in [1.807, 2.05) is 29.8 Å². The molecule has 0 amide bonds. The summed E-state index contributed by atoms with van der Waals surface area (Å²) >= 11 is 1.49. The monoisotopic (exact) mass is 370 g/mol. The third-order valence-electron chi connectivity index (χ3n) is 5.18. The summed E-state index contributed by atoms with van der Waals surface area (Å²) in [6.07, 6.45) is 6.77. The van der Waals surface area contributed by atoms with Crippen molar-refractivity contribution in [1.82, 2.24) is 24.0 Å². The average molecular weight is 370 g/mol. The standard InChI is InChI=1S/C18H22N6OS/c1-12-19-18(26-22-12)23-8-6-13(7-9-23)11-25-17-5-4-16-20-15(14-2-3-14)10-24(16)21-17/h4-5,10,13-14H,2-3,6-9,11H2,1H3. The summed E-state index contributed by atoms with van der Waals surface area (Å²) in [5, 5.41) is 5.60. The second-order valence-corrected chi connectivity index (χ2v) is 8.01. The number of imidazole rings is 1. The Balaban J connectivity index is 1.17. The molecule has 0 atom stereocenters. The third-order valence-corrected chi connectivity index (χ3v) is 6.05. The van der Waals surface area contributed by atoms with E-state index in [0.29, 0.717) is 24.3 Å². The first-order chi connectivity index (χ1) is 12.7. The van der Waals surface area contributed by atoms with Crippen molar-refractivity contribution in [2.75, 3.05) is 24.6 Å². The van der Waals surface area contributed by atoms with Crippen molar-refractivity contribution in [2.45, 2.75) is 38.5 Å². The molecule has 1 saturated carbocycles. The van der Waals surface area contributed by atoms with Gasteiger partial charge in [-0.25, -0.2) is 14.5 Å². The normalized spacial score (nSPS) is 18.6. The van der Waals surface area contributed by atoms with Crippen molar-refractivity contribution in [3.05, 3.63) is 29.8 Å². The highest BCUT2D eigenvalue weighted by Crippen LogP contribution is 2.39. The van der Waals surface area contributed by atoms with Gasteiger partial charge in [0.15, 0.2) is 5.65 Å². The molecule has 0 spiro atoms. The predicted molar refractivity (Wildman–Crippen MR) is 100 cm³/mol. The Hall–Kier alpha value is -2.22. The van der Waals surface area contributed by atoms with Crippen molar-refractivity contribution in [1.29, 1.82) is 0 Å². The maximum absolute atomic E-state index is 5.98. The molecule has 4 heterocycles. The predicted octanol–water partition coefficient (Wildman–Crippen LogP) is 3.06. The molecule has 1 aliphatic heterocycles. The van der Waals surface area contributed by atoms with Gasteiger partial charge in [-0.1, -0.05) is 0 Å². The van der Waals surface area contributed by atoms with Crippen molar-refractivity contribution >= 4 is 22.3 Å². The van der Waals surface area contributed by atoms with Gasteiger partial charge >= 0.3 is 0 Å². The van der Waals surface area contributed by atoms with E-state index in [2.05, 4.69) is 24.3 Å². The number of fused-ring (bicyclic) bond motifs is 1. The van der Waals surface area contributed by atoms with Crippen LogP contribution in [0, 0.1) is 12.8 Å². The lowest BCUT2D eigenvalue weighted by Crippen LogP contribution is -2.35. The topological polar surface area (TPSA) is 68.4 Å². The van der Waals surface area contributed by atoms with Crippen LogP contribution in [0.4, 0.5) is 5.13 Å². The summed E-state index contributed by atoms with van der Waals surface area (Å²) in [5.41, 5.74) is 2.06. The Morgan fingerprint density at radius 3 is 2.73 bits per heavy atom. The van der Waals surface area contributed by atoms with Gasteiger partial charge in [0.25, 0.3) is 0 Å². The molecule has 26 heavy (non-hydrogen) atoms. The molecule has 5 rings (SSSR count). The van der Waals surface area contributed by atoms with Gasteiger partial charge in [0.2, 0.25) is 11.0 Å². The first-order valence-corrected chi connectivity index (χ1v) is 10.1. The Bertz CT molecular complexity index is 909. The molecule has 2 fully saturated rings. The van der Waals surface area contributed by atoms with Crippen molar-refractivity contribution in [2.24, 2.45) is 5.92 Å². The summed E-state index contributed by atoms with van der Waals surface area (Å²) < 4.78 is 12.1. The highest BCUT2D eigenvalue weighted by Gasteiger charge is 2.26. The first-order valence-electron chi connectivity index (χ1n) is 9.29. The maximum atomic E-state index is 5.98. The number of ether oxygens (including phenoxy) is 1. The SMILES string of the molecule is Cc1nsc(N2CCC(COc3ccc4nc(C5CC5)cn4n3)CC2)n1. The van der Waals surface area contributed by atoms with Crippen molar-refractivity contribution < 1.29 is 4.74 Å². The summed E-state index contributed by atoms with van der Waals surface area (Å²) in [7, 11) is 0. The fourth-order valence-electron chi connectivity index (χ4n) is 3.44. The second kappa shape index (κ2) is 6.50. The Kier molecular flexibility index (Phi) is 4.00. The smallest absolute Gasteiger partial charge is 0.231 e. The largest absolute Gasteiger partial charge is 0.476 e. The van der Waals surface area contributed by atoms with Gasteiger partial charge < -0.3 is 9.64 Å². The number of piperidine rings is 1. The Labute approximate surface area is 156 Å². The van der Waals surface area contributed by atoms with Crippen LogP contribution in [0.2, 0.25) is 0 Å². The van der Waals surface area contributed by atoms with Crippen LogP contribution in [0.25, 0.3) is 5.65 Å². The molecule has 0 bridgehead atoms. The van der Waals surface area contributed by atoms with Crippen LogP contribution < -0.4 is 9.64 Å². The van der Waals surface area contributed by atoms with Gasteiger partial charge in [-0.2, -0.15) is 4.37 Å². The van der Waals surface area contributed by atoms with E-state index in [4.69, 9.17) is 4.74 Å². The van der Waals surface area contributed by atoms with Crippen molar-refractivity contribution in [3.8, 4) is 5.88 Å². The molecule has 0 aromatic carbocycles. The molecule has 136 valence electrons. The summed E-state index contributed by atoms with van der Waals surface area (Å²) in [4.78, 5) is 11.4. The van der Waals surface area contributed by atoms with Crippen LogP contribution in [0.3, 0.4) is 0 Å². The van der Waals surface area contributed by atoms with Gasteiger partial charge in [0, 0.05) is 36.6 Å². The van der Waals surface area contributed by atoms with Crippen LogP contribution >= 0.6 is 11.5 Å². The highest BCUT2D eigenvalue weighted by molar-refractivity contribution is 7.09. The minimum Gasteiger partial charge on any atom is -0.476 e.